The number of rotatable bonds is 5. The van der Waals surface area contributed by atoms with E-state index in [1.165, 1.54) is 0 Å². The van der Waals surface area contributed by atoms with Gasteiger partial charge in [0.15, 0.2) is 0 Å². The van der Waals surface area contributed by atoms with Gasteiger partial charge < -0.3 is 5.32 Å². The molecule has 1 nitrogen and oxygen atoms in total. The summed E-state index contributed by atoms with van der Waals surface area (Å²) in [4.78, 5) is 0. The first-order chi connectivity index (χ1) is 7.92. The molecule has 0 spiro atoms. The molecular formula is C12H15ClF3N. The van der Waals surface area contributed by atoms with E-state index in [1.807, 2.05) is 6.07 Å². The van der Waals surface area contributed by atoms with E-state index in [0.29, 0.717) is 11.4 Å². The highest BCUT2D eigenvalue weighted by Gasteiger charge is 2.26. The Morgan fingerprint density at radius 3 is 2.59 bits per heavy atom. The number of alkyl halides is 3. The van der Waals surface area contributed by atoms with Gasteiger partial charge in [0.25, 0.3) is 0 Å². The lowest BCUT2D eigenvalue weighted by molar-refractivity contribution is -0.135. The normalized spacial score (nSPS) is 13.7. The van der Waals surface area contributed by atoms with Crippen LogP contribution in [0.25, 0.3) is 0 Å². The zero-order valence-corrected chi connectivity index (χ0v) is 10.3. The molecule has 0 radical (unpaired) electrons. The topological polar surface area (TPSA) is 12.0 Å². The Hall–Kier alpha value is -0.740. The Bertz CT molecular complexity index is 352. The lowest BCUT2D eigenvalue weighted by Gasteiger charge is -2.17. The van der Waals surface area contributed by atoms with Crippen LogP contribution in [0.15, 0.2) is 24.3 Å². The molecule has 0 bridgehead atoms. The van der Waals surface area contributed by atoms with E-state index in [1.54, 1.807) is 25.2 Å². The Morgan fingerprint density at radius 1 is 1.35 bits per heavy atom. The number of halogens is 4. The van der Waals surface area contributed by atoms with Crippen molar-refractivity contribution in [2.75, 3.05) is 7.05 Å². The average molecular weight is 266 g/mol. The van der Waals surface area contributed by atoms with Crippen LogP contribution in [-0.4, -0.2) is 13.2 Å². The monoisotopic (exact) mass is 265 g/mol. The van der Waals surface area contributed by atoms with Crippen molar-refractivity contribution in [2.24, 2.45) is 0 Å². The quantitative estimate of drug-likeness (QED) is 0.835. The van der Waals surface area contributed by atoms with Crippen LogP contribution in [0.2, 0.25) is 5.02 Å². The molecule has 1 rings (SSSR count). The van der Waals surface area contributed by atoms with E-state index in [4.69, 9.17) is 11.6 Å². The molecule has 0 heterocycles. The molecule has 0 amide bonds. The van der Waals surface area contributed by atoms with Gasteiger partial charge in [0.2, 0.25) is 0 Å². The van der Waals surface area contributed by atoms with Crippen molar-refractivity contribution in [3.8, 4) is 0 Å². The van der Waals surface area contributed by atoms with Crippen molar-refractivity contribution in [1.82, 2.24) is 5.32 Å². The van der Waals surface area contributed by atoms with Gasteiger partial charge in [0.05, 0.1) is 0 Å². The first kappa shape index (κ1) is 14.3. The summed E-state index contributed by atoms with van der Waals surface area (Å²) in [5.41, 5.74) is 0.919. The lowest BCUT2D eigenvalue weighted by Crippen LogP contribution is -2.17. The molecule has 0 saturated carbocycles. The third kappa shape index (κ3) is 5.41. The predicted molar refractivity (Wildman–Crippen MR) is 63.2 cm³/mol. The van der Waals surface area contributed by atoms with Crippen LogP contribution in [0.4, 0.5) is 13.2 Å². The first-order valence-corrected chi connectivity index (χ1v) is 5.79. The largest absolute Gasteiger partial charge is 0.389 e. The van der Waals surface area contributed by atoms with Gasteiger partial charge >= 0.3 is 6.18 Å². The van der Waals surface area contributed by atoms with Gasteiger partial charge in [-0.05, 0) is 37.6 Å². The van der Waals surface area contributed by atoms with Crippen LogP contribution < -0.4 is 5.32 Å². The van der Waals surface area contributed by atoms with Crippen molar-refractivity contribution >= 4 is 11.6 Å². The maximum atomic E-state index is 12.0. The van der Waals surface area contributed by atoms with Gasteiger partial charge in [0, 0.05) is 17.5 Å². The second-order valence-electron chi connectivity index (χ2n) is 3.90. The fraction of sp³-hybridized carbons (Fsp3) is 0.500. The minimum Gasteiger partial charge on any atom is -0.313 e. The molecule has 1 N–H and O–H groups in total. The van der Waals surface area contributed by atoms with Crippen molar-refractivity contribution in [1.29, 1.82) is 0 Å². The number of hydrogen-bond donors (Lipinski definition) is 1. The van der Waals surface area contributed by atoms with Crippen molar-refractivity contribution in [3.05, 3.63) is 34.9 Å². The molecule has 0 aliphatic carbocycles. The first-order valence-electron chi connectivity index (χ1n) is 5.42. The molecule has 17 heavy (non-hydrogen) atoms. The summed E-state index contributed by atoms with van der Waals surface area (Å²) in [5.74, 6) is 0. The highest BCUT2D eigenvalue weighted by atomic mass is 35.5. The summed E-state index contributed by atoms with van der Waals surface area (Å²) < 4.78 is 36.1. The molecule has 1 aromatic rings. The molecule has 0 fully saturated rings. The van der Waals surface area contributed by atoms with Gasteiger partial charge in [-0.15, -0.1) is 0 Å². The van der Waals surface area contributed by atoms with Crippen molar-refractivity contribution < 1.29 is 13.2 Å². The molecule has 0 aliphatic heterocycles. The van der Waals surface area contributed by atoms with Gasteiger partial charge in [-0.25, -0.2) is 0 Å². The molecular weight excluding hydrogens is 251 g/mol. The summed E-state index contributed by atoms with van der Waals surface area (Å²) in [5, 5.41) is 3.60. The lowest BCUT2D eigenvalue weighted by atomic mass is 10.0. The number of hydrogen-bond acceptors (Lipinski definition) is 1. The van der Waals surface area contributed by atoms with Crippen LogP contribution in [0.5, 0.6) is 0 Å². The molecule has 1 unspecified atom stereocenters. The summed E-state index contributed by atoms with van der Waals surface area (Å²) in [7, 11) is 1.74. The molecule has 1 atom stereocenters. The summed E-state index contributed by atoms with van der Waals surface area (Å²) in [6, 6.07) is 7.09. The van der Waals surface area contributed by atoms with Gasteiger partial charge in [-0.2, -0.15) is 13.2 Å². The number of benzene rings is 1. The zero-order chi connectivity index (χ0) is 12.9. The highest BCUT2D eigenvalue weighted by Crippen LogP contribution is 2.27. The standard InChI is InChI=1S/C12H15ClF3N/c1-17-11(6-3-7-12(14,15)16)9-4-2-5-10(13)8-9/h2,4-5,8,11,17H,3,6-7H2,1H3. The fourth-order valence-corrected chi connectivity index (χ4v) is 1.91. The fourth-order valence-electron chi connectivity index (χ4n) is 1.71. The molecule has 0 saturated heterocycles. The van der Waals surface area contributed by atoms with Crippen LogP contribution >= 0.6 is 11.6 Å². The summed E-state index contributed by atoms with van der Waals surface area (Å²) in [6.45, 7) is 0. The van der Waals surface area contributed by atoms with E-state index < -0.39 is 12.6 Å². The van der Waals surface area contributed by atoms with E-state index in [0.717, 1.165) is 5.56 Å². The second-order valence-corrected chi connectivity index (χ2v) is 4.34. The third-order valence-corrected chi connectivity index (χ3v) is 2.79. The molecule has 1 aromatic carbocycles. The SMILES string of the molecule is CNC(CCCC(F)(F)F)c1cccc(Cl)c1. The average Bonchev–Trinajstić information content (AvgIpc) is 2.23. The second kappa shape index (κ2) is 6.26. The Morgan fingerprint density at radius 2 is 2.06 bits per heavy atom. The van der Waals surface area contributed by atoms with Crippen molar-refractivity contribution in [2.45, 2.75) is 31.5 Å². The molecule has 0 aromatic heterocycles. The van der Waals surface area contributed by atoms with Crippen molar-refractivity contribution in [3.63, 3.8) is 0 Å². The zero-order valence-electron chi connectivity index (χ0n) is 9.52. The minimum absolute atomic E-state index is 0.0870. The summed E-state index contributed by atoms with van der Waals surface area (Å²) in [6.07, 6.45) is -4.27. The van der Waals surface area contributed by atoms with Crippen LogP contribution in [-0.2, 0) is 0 Å². The van der Waals surface area contributed by atoms with E-state index in [-0.39, 0.29) is 12.5 Å². The van der Waals surface area contributed by atoms with Gasteiger partial charge in [0.1, 0.15) is 0 Å². The maximum absolute atomic E-state index is 12.0. The molecule has 96 valence electrons. The minimum atomic E-state index is -4.08. The van der Waals surface area contributed by atoms with Crippen LogP contribution in [0.3, 0.4) is 0 Å². The summed E-state index contributed by atoms with van der Waals surface area (Å²) >= 11 is 5.84. The third-order valence-electron chi connectivity index (χ3n) is 2.55. The van der Waals surface area contributed by atoms with Crippen LogP contribution in [0, 0.1) is 0 Å². The smallest absolute Gasteiger partial charge is 0.313 e. The van der Waals surface area contributed by atoms with E-state index >= 15 is 0 Å². The molecule has 5 heteroatoms. The van der Waals surface area contributed by atoms with E-state index in [2.05, 4.69) is 5.32 Å². The Balaban J connectivity index is 2.54. The van der Waals surface area contributed by atoms with Crippen LogP contribution in [0.1, 0.15) is 30.9 Å². The predicted octanol–water partition coefficient (Wildman–Crippen LogP) is 4.33. The van der Waals surface area contributed by atoms with E-state index in [9.17, 15) is 13.2 Å². The Kier molecular flexibility index (Phi) is 5.28. The highest BCUT2D eigenvalue weighted by molar-refractivity contribution is 6.30. The number of nitrogens with one attached hydrogen (secondary N) is 1. The van der Waals surface area contributed by atoms with Gasteiger partial charge in [-0.3, -0.25) is 0 Å². The van der Waals surface area contributed by atoms with Gasteiger partial charge in [-0.1, -0.05) is 23.7 Å². The maximum Gasteiger partial charge on any atom is 0.389 e. The Labute approximate surface area is 104 Å². The molecule has 0 aliphatic rings.